The van der Waals surface area contributed by atoms with Gasteiger partial charge < -0.3 is 13.9 Å². The third-order valence-electron chi connectivity index (χ3n) is 3.94. The van der Waals surface area contributed by atoms with Crippen LogP contribution in [-0.2, 0) is 16.4 Å². The number of rotatable bonds is 2. The van der Waals surface area contributed by atoms with Crippen LogP contribution in [0.15, 0.2) is 12.3 Å². The second-order valence-corrected chi connectivity index (χ2v) is 5.91. The Labute approximate surface area is 108 Å². The SMILES string of the molecule is CC(=O)c1cc(B2OC(C)(C)C(C)(C)O2)n(C)c1. The van der Waals surface area contributed by atoms with Crippen LogP contribution in [0.2, 0.25) is 0 Å². The first-order valence-electron chi connectivity index (χ1n) is 6.17. The Bertz CT molecular complexity index is 474. The maximum absolute atomic E-state index is 11.4. The van der Waals surface area contributed by atoms with Gasteiger partial charge in [-0.05, 0) is 40.7 Å². The molecule has 5 heteroatoms. The quantitative estimate of drug-likeness (QED) is 0.589. The summed E-state index contributed by atoms with van der Waals surface area (Å²) in [6.07, 6.45) is 1.81. The van der Waals surface area contributed by atoms with E-state index in [1.54, 1.807) is 6.92 Å². The van der Waals surface area contributed by atoms with Crippen molar-refractivity contribution in [3.63, 3.8) is 0 Å². The maximum atomic E-state index is 11.4. The number of carbonyl (C=O) groups is 1. The minimum absolute atomic E-state index is 0.0494. The van der Waals surface area contributed by atoms with Crippen molar-refractivity contribution < 1.29 is 14.1 Å². The molecule has 1 aliphatic rings. The zero-order valence-corrected chi connectivity index (χ0v) is 11.9. The predicted octanol–water partition coefficient (Wildman–Crippen LogP) is 1.53. The minimum Gasteiger partial charge on any atom is -0.398 e. The van der Waals surface area contributed by atoms with Gasteiger partial charge in [0.2, 0.25) is 0 Å². The first-order chi connectivity index (χ1) is 8.14. The molecule has 0 unspecified atom stereocenters. The zero-order valence-electron chi connectivity index (χ0n) is 11.9. The van der Waals surface area contributed by atoms with E-state index in [0.29, 0.717) is 5.56 Å². The Kier molecular flexibility index (Phi) is 2.95. The summed E-state index contributed by atoms with van der Waals surface area (Å²) < 4.78 is 13.8. The van der Waals surface area contributed by atoms with Gasteiger partial charge in [0, 0.05) is 24.4 Å². The molecule has 0 radical (unpaired) electrons. The highest BCUT2D eigenvalue weighted by molar-refractivity contribution is 6.61. The van der Waals surface area contributed by atoms with Gasteiger partial charge in [0.15, 0.2) is 5.78 Å². The molecule has 1 aromatic heterocycles. The smallest absolute Gasteiger partial charge is 0.398 e. The van der Waals surface area contributed by atoms with Crippen molar-refractivity contribution in [1.29, 1.82) is 0 Å². The minimum atomic E-state index is -0.423. The number of aryl methyl sites for hydroxylation is 1. The fourth-order valence-electron chi connectivity index (χ4n) is 1.97. The van der Waals surface area contributed by atoms with Crippen LogP contribution in [0.1, 0.15) is 45.0 Å². The molecule has 0 aliphatic carbocycles. The molecular formula is C13H20BNO3. The van der Waals surface area contributed by atoms with E-state index in [1.165, 1.54) is 0 Å². The maximum Gasteiger partial charge on any atom is 0.512 e. The highest BCUT2D eigenvalue weighted by Gasteiger charge is 2.52. The van der Waals surface area contributed by atoms with Gasteiger partial charge in [-0.3, -0.25) is 4.79 Å². The number of nitrogens with zero attached hydrogens (tertiary/aromatic N) is 1. The van der Waals surface area contributed by atoms with Crippen molar-refractivity contribution in [2.45, 2.75) is 45.8 Å². The standard InChI is InChI=1S/C13H20BNO3/c1-9(16)10-7-11(15(6)8-10)14-17-12(2,3)13(4,5)18-14/h7-8H,1-6H3. The summed E-state index contributed by atoms with van der Waals surface area (Å²) in [7, 11) is 1.47. The van der Waals surface area contributed by atoms with E-state index < -0.39 is 7.12 Å². The molecule has 4 nitrogen and oxygen atoms in total. The van der Waals surface area contributed by atoms with Crippen molar-refractivity contribution in [3.8, 4) is 0 Å². The fourth-order valence-corrected chi connectivity index (χ4v) is 1.97. The molecule has 0 aromatic carbocycles. The van der Waals surface area contributed by atoms with Crippen LogP contribution in [0.5, 0.6) is 0 Å². The lowest BCUT2D eigenvalue weighted by molar-refractivity contribution is 0.00578. The summed E-state index contributed by atoms with van der Waals surface area (Å²) in [4.78, 5) is 11.4. The zero-order chi connectivity index (χ0) is 13.7. The highest BCUT2D eigenvalue weighted by Crippen LogP contribution is 2.36. The molecule has 98 valence electrons. The second-order valence-electron chi connectivity index (χ2n) is 5.91. The Hall–Kier alpha value is -1.07. The third-order valence-corrected chi connectivity index (χ3v) is 3.94. The molecular weight excluding hydrogens is 229 g/mol. The summed E-state index contributed by atoms with van der Waals surface area (Å²) in [5.41, 5.74) is 0.831. The van der Waals surface area contributed by atoms with Crippen molar-refractivity contribution >= 4 is 18.5 Å². The first kappa shape index (κ1) is 13.4. The highest BCUT2D eigenvalue weighted by atomic mass is 16.7. The molecule has 0 amide bonds. The molecule has 0 atom stereocenters. The van der Waals surface area contributed by atoms with Crippen molar-refractivity contribution in [2.24, 2.45) is 7.05 Å². The monoisotopic (exact) mass is 249 g/mol. The number of hydrogen-bond acceptors (Lipinski definition) is 3. The van der Waals surface area contributed by atoms with Gasteiger partial charge in [-0.2, -0.15) is 0 Å². The number of carbonyl (C=O) groups excluding carboxylic acids is 1. The van der Waals surface area contributed by atoms with Crippen LogP contribution in [0, 0.1) is 0 Å². The Balaban J connectivity index is 2.32. The summed E-state index contributed by atoms with van der Waals surface area (Å²) in [6.45, 7) is 9.62. The van der Waals surface area contributed by atoms with Gasteiger partial charge in [0.1, 0.15) is 0 Å². The summed E-state index contributed by atoms with van der Waals surface area (Å²) in [5.74, 6) is 0.0494. The van der Waals surface area contributed by atoms with Gasteiger partial charge in [-0.1, -0.05) is 0 Å². The summed E-state index contributed by atoms with van der Waals surface area (Å²) in [6, 6.07) is 1.84. The largest absolute Gasteiger partial charge is 0.512 e. The molecule has 0 N–H and O–H groups in total. The van der Waals surface area contributed by atoms with E-state index in [1.807, 2.05) is 51.6 Å². The lowest BCUT2D eigenvalue weighted by Crippen LogP contribution is -2.41. The van der Waals surface area contributed by atoms with Crippen LogP contribution in [0.4, 0.5) is 0 Å². The van der Waals surface area contributed by atoms with E-state index in [4.69, 9.17) is 9.31 Å². The number of aromatic nitrogens is 1. The van der Waals surface area contributed by atoms with E-state index in [9.17, 15) is 4.79 Å². The van der Waals surface area contributed by atoms with Gasteiger partial charge in [0.05, 0.1) is 11.2 Å². The van der Waals surface area contributed by atoms with E-state index in [-0.39, 0.29) is 17.0 Å². The first-order valence-corrected chi connectivity index (χ1v) is 6.17. The normalized spacial score (nSPS) is 21.3. The Morgan fingerprint density at radius 3 is 2.11 bits per heavy atom. The predicted molar refractivity (Wildman–Crippen MR) is 71.1 cm³/mol. The Morgan fingerprint density at radius 1 is 1.22 bits per heavy atom. The van der Waals surface area contributed by atoms with Crippen LogP contribution < -0.4 is 5.59 Å². The average Bonchev–Trinajstić information content (AvgIpc) is 2.66. The lowest BCUT2D eigenvalue weighted by atomic mass is 9.84. The molecule has 0 spiro atoms. The van der Waals surface area contributed by atoms with E-state index in [2.05, 4.69) is 0 Å². The Morgan fingerprint density at radius 2 is 1.72 bits per heavy atom. The molecule has 1 fully saturated rings. The van der Waals surface area contributed by atoms with Crippen molar-refractivity contribution in [1.82, 2.24) is 4.57 Å². The fraction of sp³-hybridized carbons (Fsp3) is 0.615. The molecule has 2 rings (SSSR count). The van der Waals surface area contributed by atoms with E-state index in [0.717, 1.165) is 5.59 Å². The van der Waals surface area contributed by atoms with Gasteiger partial charge in [0.25, 0.3) is 0 Å². The summed E-state index contributed by atoms with van der Waals surface area (Å²) in [5, 5.41) is 0. The molecule has 1 aliphatic heterocycles. The third kappa shape index (κ3) is 2.02. The molecule has 18 heavy (non-hydrogen) atoms. The van der Waals surface area contributed by atoms with Crippen LogP contribution >= 0.6 is 0 Å². The van der Waals surface area contributed by atoms with Gasteiger partial charge in [-0.15, -0.1) is 0 Å². The number of hydrogen-bond donors (Lipinski definition) is 0. The molecule has 2 heterocycles. The van der Waals surface area contributed by atoms with Crippen LogP contribution in [0.25, 0.3) is 0 Å². The number of Topliss-reactive ketones (excluding diaryl/α,β-unsaturated/α-hetero) is 1. The van der Waals surface area contributed by atoms with Crippen LogP contribution in [-0.4, -0.2) is 28.7 Å². The molecule has 0 saturated carbocycles. The molecule has 1 aromatic rings. The molecule has 0 bridgehead atoms. The number of ketones is 1. The van der Waals surface area contributed by atoms with Crippen molar-refractivity contribution in [2.75, 3.05) is 0 Å². The lowest BCUT2D eigenvalue weighted by Gasteiger charge is -2.32. The topological polar surface area (TPSA) is 40.5 Å². The van der Waals surface area contributed by atoms with Gasteiger partial charge in [-0.25, -0.2) is 0 Å². The average molecular weight is 249 g/mol. The molecule has 1 saturated heterocycles. The van der Waals surface area contributed by atoms with Gasteiger partial charge >= 0.3 is 7.12 Å². The second kappa shape index (κ2) is 3.97. The van der Waals surface area contributed by atoms with Crippen molar-refractivity contribution in [3.05, 3.63) is 17.8 Å². The summed E-state index contributed by atoms with van der Waals surface area (Å²) >= 11 is 0. The van der Waals surface area contributed by atoms with E-state index >= 15 is 0 Å². The van der Waals surface area contributed by atoms with Crippen LogP contribution in [0.3, 0.4) is 0 Å².